The normalized spacial score (nSPS) is 9.88. The zero-order valence-electron chi connectivity index (χ0n) is 9.34. The molecule has 0 saturated carbocycles. The van der Waals surface area contributed by atoms with E-state index in [-0.39, 0.29) is 0 Å². The lowest BCUT2D eigenvalue weighted by Gasteiger charge is -2.21. The molecule has 1 heterocycles. The molecule has 0 aromatic carbocycles. The second-order valence-corrected chi connectivity index (χ2v) is 4.63. The first-order valence-corrected chi connectivity index (χ1v) is 5.74. The number of nitriles is 1. The van der Waals surface area contributed by atoms with Crippen molar-refractivity contribution in [2.75, 3.05) is 6.54 Å². The lowest BCUT2D eigenvalue weighted by atomic mass is 10.3. The molecule has 4 nitrogen and oxygen atoms in total. The largest absolute Gasteiger partial charge is 0.351 e. The van der Waals surface area contributed by atoms with Gasteiger partial charge in [-0.05, 0) is 13.0 Å². The number of thiocarbonyl (C=S) groups is 1. The summed E-state index contributed by atoms with van der Waals surface area (Å²) < 4.78 is 2.33. The maximum Gasteiger partial charge on any atom is 0.133 e. The molecule has 0 atom stereocenters. The van der Waals surface area contributed by atoms with Gasteiger partial charge in [0.2, 0.25) is 0 Å². The summed E-state index contributed by atoms with van der Waals surface area (Å²) in [5.41, 5.74) is 2.04. The van der Waals surface area contributed by atoms with Crippen molar-refractivity contribution in [3.63, 3.8) is 0 Å². The van der Waals surface area contributed by atoms with Crippen LogP contribution < -0.4 is 0 Å². The fraction of sp³-hybridized carbons (Fsp3) is 0.500. The Labute approximate surface area is 106 Å². The molecule has 0 radical (unpaired) electrons. The van der Waals surface area contributed by atoms with Gasteiger partial charge in [-0.3, -0.25) is 4.68 Å². The minimum atomic E-state index is 0.442. The SMILES string of the molecule is Cc1cc(CN(CCC#N)C(=S)S)n(C)n1. The Morgan fingerprint density at radius 2 is 2.44 bits per heavy atom. The van der Waals surface area contributed by atoms with Gasteiger partial charge in [-0.15, -0.1) is 12.6 Å². The summed E-state index contributed by atoms with van der Waals surface area (Å²) in [7, 11) is 1.90. The molecule has 0 aliphatic carbocycles. The highest BCUT2D eigenvalue weighted by Gasteiger charge is 2.10. The van der Waals surface area contributed by atoms with Crippen molar-refractivity contribution in [1.29, 1.82) is 5.26 Å². The summed E-state index contributed by atoms with van der Waals surface area (Å²) in [4.78, 5) is 1.89. The molecule has 16 heavy (non-hydrogen) atoms. The van der Waals surface area contributed by atoms with Gasteiger partial charge in [0, 0.05) is 13.6 Å². The molecule has 6 heteroatoms. The van der Waals surface area contributed by atoms with Gasteiger partial charge in [0.05, 0.1) is 30.4 Å². The Hall–Kier alpha value is -1.06. The van der Waals surface area contributed by atoms with Gasteiger partial charge < -0.3 is 4.90 Å². The molecule has 0 unspecified atom stereocenters. The number of thiol groups is 1. The molecular formula is C10H14N4S2. The van der Waals surface area contributed by atoms with Crippen LogP contribution >= 0.6 is 24.8 Å². The van der Waals surface area contributed by atoms with E-state index in [1.807, 2.05) is 29.6 Å². The molecule has 0 spiro atoms. The monoisotopic (exact) mass is 254 g/mol. The number of nitrogens with zero attached hydrogens (tertiary/aromatic N) is 4. The number of hydrogen-bond donors (Lipinski definition) is 1. The van der Waals surface area contributed by atoms with Crippen LogP contribution in [-0.2, 0) is 13.6 Å². The number of aryl methyl sites for hydroxylation is 2. The summed E-state index contributed by atoms with van der Waals surface area (Å²) in [6, 6.07) is 4.11. The van der Waals surface area contributed by atoms with Crippen molar-refractivity contribution >= 4 is 29.2 Å². The van der Waals surface area contributed by atoms with E-state index in [9.17, 15) is 0 Å². The summed E-state index contributed by atoms with van der Waals surface area (Å²) in [6.45, 7) is 3.19. The van der Waals surface area contributed by atoms with Crippen LogP contribution in [0.5, 0.6) is 0 Å². The standard InChI is InChI=1S/C10H14N4S2/c1-8-6-9(13(2)12-8)7-14(10(15)16)5-3-4-11/h6H,3,5,7H2,1-2H3,(H,15,16). The van der Waals surface area contributed by atoms with Crippen molar-refractivity contribution in [2.45, 2.75) is 19.9 Å². The summed E-state index contributed by atoms with van der Waals surface area (Å²) >= 11 is 9.19. The van der Waals surface area contributed by atoms with Gasteiger partial charge >= 0.3 is 0 Å². The first-order valence-electron chi connectivity index (χ1n) is 4.89. The molecule has 0 aliphatic rings. The average molecular weight is 254 g/mol. The molecule has 1 aromatic rings. The Bertz CT molecular complexity index is 419. The van der Waals surface area contributed by atoms with Gasteiger partial charge in [0.15, 0.2) is 0 Å². The van der Waals surface area contributed by atoms with Gasteiger partial charge in [-0.1, -0.05) is 12.2 Å². The second kappa shape index (κ2) is 5.87. The highest BCUT2D eigenvalue weighted by molar-refractivity contribution is 8.10. The van der Waals surface area contributed by atoms with E-state index in [0.29, 0.717) is 23.8 Å². The molecule has 0 saturated heterocycles. The van der Waals surface area contributed by atoms with Crippen molar-refractivity contribution in [3.05, 3.63) is 17.5 Å². The van der Waals surface area contributed by atoms with E-state index in [2.05, 4.69) is 23.8 Å². The quantitative estimate of drug-likeness (QED) is 0.655. The van der Waals surface area contributed by atoms with Gasteiger partial charge in [-0.25, -0.2) is 0 Å². The van der Waals surface area contributed by atoms with Crippen LogP contribution in [-0.4, -0.2) is 25.5 Å². The molecular weight excluding hydrogens is 240 g/mol. The molecule has 1 aromatic heterocycles. The maximum atomic E-state index is 8.56. The van der Waals surface area contributed by atoms with E-state index in [1.165, 1.54) is 0 Å². The second-order valence-electron chi connectivity index (χ2n) is 3.51. The van der Waals surface area contributed by atoms with Gasteiger partial charge in [0.25, 0.3) is 0 Å². The van der Waals surface area contributed by atoms with Crippen molar-refractivity contribution in [2.24, 2.45) is 7.05 Å². The third-order valence-electron chi connectivity index (χ3n) is 2.22. The lowest BCUT2D eigenvalue weighted by molar-refractivity contribution is 0.420. The zero-order chi connectivity index (χ0) is 12.1. The van der Waals surface area contributed by atoms with E-state index in [1.54, 1.807) is 0 Å². The Kier molecular flexibility index (Phi) is 4.77. The van der Waals surface area contributed by atoms with Crippen LogP contribution in [0.15, 0.2) is 6.07 Å². The molecule has 86 valence electrons. The van der Waals surface area contributed by atoms with Crippen LogP contribution in [0.25, 0.3) is 0 Å². The Morgan fingerprint density at radius 3 is 2.88 bits per heavy atom. The molecule has 0 aliphatic heterocycles. The molecule has 0 amide bonds. The van der Waals surface area contributed by atoms with Gasteiger partial charge in [0.1, 0.15) is 4.32 Å². The maximum absolute atomic E-state index is 8.56. The highest BCUT2D eigenvalue weighted by atomic mass is 32.1. The molecule has 0 fully saturated rings. The minimum absolute atomic E-state index is 0.442. The van der Waals surface area contributed by atoms with Crippen LogP contribution in [0.3, 0.4) is 0 Å². The first-order chi connectivity index (χ1) is 7.54. The van der Waals surface area contributed by atoms with Crippen molar-refractivity contribution in [3.8, 4) is 6.07 Å². The van der Waals surface area contributed by atoms with Gasteiger partial charge in [-0.2, -0.15) is 10.4 Å². The lowest BCUT2D eigenvalue weighted by Crippen LogP contribution is -2.27. The topological polar surface area (TPSA) is 44.9 Å². The highest BCUT2D eigenvalue weighted by Crippen LogP contribution is 2.09. The molecule has 1 rings (SSSR count). The van der Waals surface area contributed by atoms with Crippen molar-refractivity contribution < 1.29 is 0 Å². The summed E-state index contributed by atoms with van der Waals surface area (Å²) in [5, 5.41) is 12.8. The van der Waals surface area contributed by atoms with Crippen molar-refractivity contribution in [1.82, 2.24) is 14.7 Å². The van der Waals surface area contributed by atoms with E-state index in [4.69, 9.17) is 17.5 Å². The summed E-state index contributed by atoms with van der Waals surface area (Å²) in [5.74, 6) is 0. The van der Waals surface area contributed by atoms with E-state index >= 15 is 0 Å². The average Bonchev–Trinajstić information content (AvgIpc) is 2.51. The number of rotatable bonds is 4. The molecule has 0 N–H and O–H groups in total. The zero-order valence-corrected chi connectivity index (χ0v) is 11.1. The minimum Gasteiger partial charge on any atom is -0.351 e. The van der Waals surface area contributed by atoms with Crippen LogP contribution in [0.2, 0.25) is 0 Å². The smallest absolute Gasteiger partial charge is 0.133 e. The van der Waals surface area contributed by atoms with Crippen LogP contribution in [0.4, 0.5) is 0 Å². The first kappa shape index (κ1) is 13.0. The van der Waals surface area contributed by atoms with E-state index < -0.39 is 0 Å². The number of aromatic nitrogens is 2. The summed E-state index contributed by atoms with van der Waals surface area (Å²) in [6.07, 6.45) is 0.442. The fourth-order valence-corrected chi connectivity index (χ4v) is 1.76. The molecule has 0 bridgehead atoms. The number of hydrogen-bond acceptors (Lipinski definition) is 3. The third kappa shape index (κ3) is 3.51. The third-order valence-corrected chi connectivity index (χ3v) is 2.76. The van der Waals surface area contributed by atoms with E-state index in [0.717, 1.165) is 11.4 Å². The van der Waals surface area contributed by atoms with Crippen LogP contribution in [0, 0.1) is 18.3 Å². The fourth-order valence-electron chi connectivity index (χ4n) is 1.44. The predicted octanol–water partition coefficient (Wildman–Crippen LogP) is 1.66. The van der Waals surface area contributed by atoms with Crippen LogP contribution in [0.1, 0.15) is 17.8 Å². The Morgan fingerprint density at radius 1 is 1.75 bits per heavy atom. The Balaban J connectivity index is 2.72. The predicted molar refractivity (Wildman–Crippen MR) is 70.2 cm³/mol.